The Labute approximate surface area is 123 Å². The molecule has 3 heteroatoms. The number of nitrogens with one attached hydrogen (secondary N) is 1. The zero-order valence-electron chi connectivity index (χ0n) is 11.9. The number of hydrogen-bond donors (Lipinski definition) is 1. The highest BCUT2D eigenvalue weighted by molar-refractivity contribution is 5.86. The summed E-state index contributed by atoms with van der Waals surface area (Å²) in [5, 5.41) is 5.61. The van der Waals surface area contributed by atoms with Crippen LogP contribution in [0.4, 0.5) is 4.39 Å². The second kappa shape index (κ2) is 6.02. The van der Waals surface area contributed by atoms with Crippen LogP contribution >= 0.6 is 0 Å². The predicted molar refractivity (Wildman–Crippen MR) is 83.7 cm³/mol. The number of hydrogen-bond acceptors (Lipinski definition) is 2. The van der Waals surface area contributed by atoms with Gasteiger partial charge in [0.1, 0.15) is 5.82 Å². The second-order valence-electron chi connectivity index (χ2n) is 4.93. The van der Waals surface area contributed by atoms with E-state index in [0.717, 1.165) is 22.9 Å². The Bertz CT molecular complexity index is 750. The summed E-state index contributed by atoms with van der Waals surface area (Å²) >= 11 is 0. The summed E-state index contributed by atoms with van der Waals surface area (Å²) in [5.74, 6) is -0.281. The Hall–Kier alpha value is -2.26. The van der Waals surface area contributed by atoms with Gasteiger partial charge in [0.15, 0.2) is 0 Å². The van der Waals surface area contributed by atoms with Crippen LogP contribution < -0.4 is 5.32 Å². The summed E-state index contributed by atoms with van der Waals surface area (Å²) in [4.78, 5) is 4.24. The Kier molecular flexibility index (Phi) is 3.93. The van der Waals surface area contributed by atoms with E-state index in [9.17, 15) is 4.39 Å². The maximum absolute atomic E-state index is 14.1. The average Bonchev–Trinajstić information content (AvgIpc) is 2.53. The molecule has 0 aliphatic heterocycles. The smallest absolute Gasteiger partial charge is 0.146 e. The zero-order valence-corrected chi connectivity index (χ0v) is 11.9. The summed E-state index contributed by atoms with van der Waals surface area (Å²) in [6, 6.07) is 17.1. The zero-order chi connectivity index (χ0) is 14.7. The predicted octanol–water partition coefficient (Wildman–Crippen LogP) is 4.07. The number of benzene rings is 2. The molecule has 3 rings (SSSR count). The summed E-state index contributed by atoms with van der Waals surface area (Å²) in [6.45, 7) is 2.75. The lowest BCUT2D eigenvalue weighted by Crippen LogP contribution is -2.24. The van der Waals surface area contributed by atoms with E-state index >= 15 is 0 Å². The fraction of sp³-hybridized carbons (Fsp3) is 0.167. The first-order valence-electron chi connectivity index (χ1n) is 7.12. The van der Waals surface area contributed by atoms with E-state index < -0.39 is 0 Å². The van der Waals surface area contributed by atoms with E-state index in [1.54, 1.807) is 12.3 Å². The van der Waals surface area contributed by atoms with Gasteiger partial charge in [-0.2, -0.15) is 0 Å². The van der Waals surface area contributed by atoms with Crippen molar-refractivity contribution >= 4 is 10.8 Å². The quantitative estimate of drug-likeness (QED) is 0.779. The molecular formula is C18H17FN2. The maximum Gasteiger partial charge on any atom is 0.146 e. The highest BCUT2D eigenvalue weighted by atomic mass is 19.1. The molecule has 0 spiro atoms. The fourth-order valence-electron chi connectivity index (χ4n) is 2.67. The van der Waals surface area contributed by atoms with Gasteiger partial charge < -0.3 is 5.32 Å². The highest BCUT2D eigenvalue weighted by Gasteiger charge is 2.19. The SMILES string of the molecule is CCNC(c1ncccc1F)c1cccc2ccccc12. The minimum absolute atomic E-state index is 0.248. The van der Waals surface area contributed by atoms with Crippen molar-refractivity contribution in [3.63, 3.8) is 0 Å². The Balaban J connectivity index is 2.19. The van der Waals surface area contributed by atoms with Crippen LogP contribution in [0.1, 0.15) is 24.2 Å². The van der Waals surface area contributed by atoms with Crippen LogP contribution in [0, 0.1) is 5.82 Å². The molecule has 0 fully saturated rings. The Morgan fingerprint density at radius 2 is 1.86 bits per heavy atom. The van der Waals surface area contributed by atoms with Crippen molar-refractivity contribution in [1.29, 1.82) is 0 Å². The standard InChI is InChI=1S/C18H17FN2/c1-2-20-17(18-16(19)11-6-12-21-18)15-10-5-8-13-7-3-4-9-14(13)15/h3-12,17,20H,2H2,1H3. The first-order valence-corrected chi connectivity index (χ1v) is 7.12. The molecule has 2 nitrogen and oxygen atoms in total. The molecular weight excluding hydrogens is 263 g/mol. The summed E-state index contributed by atoms with van der Waals surface area (Å²) in [6.07, 6.45) is 1.63. The van der Waals surface area contributed by atoms with Crippen molar-refractivity contribution in [3.05, 3.63) is 77.9 Å². The first kappa shape index (κ1) is 13.7. The summed E-state index contributed by atoms with van der Waals surface area (Å²) in [5.41, 5.74) is 1.49. The number of aromatic nitrogens is 1. The van der Waals surface area contributed by atoms with E-state index in [1.165, 1.54) is 6.07 Å². The molecule has 0 saturated carbocycles. The largest absolute Gasteiger partial charge is 0.305 e. The minimum Gasteiger partial charge on any atom is -0.305 e. The molecule has 0 aliphatic rings. The third-order valence-corrected chi connectivity index (χ3v) is 3.60. The molecule has 0 saturated heterocycles. The van der Waals surface area contributed by atoms with Crippen LogP contribution in [-0.4, -0.2) is 11.5 Å². The molecule has 1 aromatic heterocycles. The minimum atomic E-state index is -0.281. The Morgan fingerprint density at radius 3 is 2.67 bits per heavy atom. The molecule has 1 heterocycles. The van der Waals surface area contributed by atoms with Crippen molar-refractivity contribution in [3.8, 4) is 0 Å². The van der Waals surface area contributed by atoms with E-state index in [2.05, 4.69) is 28.5 Å². The van der Waals surface area contributed by atoms with Gasteiger partial charge in [-0.25, -0.2) is 4.39 Å². The number of rotatable bonds is 4. The van der Waals surface area contributed by atoms with Gasteiger partial charge in [-0.15, -0.1) is 0 Å². The van der Waals surface area contributed by atoms with Crippen molar-refractivity contribution in [2.45, 2.75) is 13.0 Å². The fourth-order valence-corrected chi connectivity index (χ4v) is 2.67. The molecule has 0 aliphatic carbocycles. The van der Waals surface area contributed by atoms with Gasteiger partial charge in [-0.05, 0) is 35.0 Å². The second-order valence-corrected chi connectivity index (χ2v) is 4.93. The first-order chi connectivity index (χ1) is 10.3. The molecule has 3 aromatic rings. The number of fused-ring (bicyclic) bond motifs is 1. The van der Waals surface area contributed by atoms with Gasteiger partial charge in [0, 0.05) is 6.20 Å². The van der Waals surface area contributed by atoms with Gasteiger partial charge >= 0.3 is 0 Å². The third kappa shape index (κ3) is 2.65. The van der Waals surface area contributed by atoms with Gasteiger partial charge in [0.25, 0.3) is 0 Å². The van der Waals surface area contributed by atoms with Crippen molar-refractivity contribution in [2.75, 3.05) is 6.54 Å². The molecule has 21 heavy (non-hydrogen) atoms. The van der Waals surface area contributed by atoms with Crippen LogP contribution in [-0.2, 0) is 0 Å². The maximum atomic E-state index is 14.1. The average molecular weight is 280 g/mol. The van der Waals surface area contributed by atoms with E-state index in [0.29, 0.717) is 5.69 Å². The van der Waals surface area contributed by atoms with Crippen molar-refractivity contribution in [1.82, 2.24) is 10.3 Å². The van der Waals surface area contributed by atoms with Crippen molar-refractivity contribution < 1.29 is 4.39 Å². The van der Waals surface area contributed by atoms with Crippen LogP contribution in [0.2, 0.25) is 0 Å². The van der Waals surface area contributed by atoms with Gasteiger partial charge in [0.2, 0.25) is 0 Å². The molecule has 0 bridgehead atoms. The Morgan fingerprint density at radius 1 is 1.05 bits per heavy atom. The third-order valence-electron chi connectivity index (χ3n) is 3.60. The lowest BCUT2D eigenvalue weighted by Gasteiger charge is -2.20. The molecule has 1 atom stereocenters. The van der Waals surface area contributed by atoms with Crippen LogP contribution in [0.25, 0.3) is 10.8 Å². The number of pyridine rings is 1. The van der Waals surface area contributed by atoms with E-state index in [1.807, 2.05) is 31.2 Å². The monoisotopic (exact) mass is 280 g/mol. The molecule has 1 unspecified atom stereocenters. The molecule has 2 aromatic carbocycles. The van der Waals surface area contributed by atoms with Crippen molar-refractivity contribution in [2.24, 2.45) is 0 Å². The molecule has 0 amide bonds. The van der Waals surface area contributed by atoms with Gasteiger partial charge in [-0.1, -0.05) is 49.4 Å². The summed E-state index contributed by atoms with van der Waals surface area (Å²) in [7, 11) is 0. The lowest BCUT2D eigenvalue weighted by atomic mass is 9.96. The van der Waals surface area contributed by atoms with Gasteiger partial charge in [0.05, 0.1) is 11.7 Å². The van der Waals surface area contributed by atoms with E-state index in [4.69, 9.17) is 0 Å². The molecule has 106 valence electrons. The topological polar surface area (TPSA) is 24.9 Å². The summed E-state index contributed by atoms with van der Waals surface area (Å²) < 4.78 is 14.1. The highest BCUT2D eigenvalue weighted by Crippen LogP contribution is 2.29. The molecule has 0 radical (unpaired) electrons. The number of halogens is 1. The van der Waals surface area contributed by atoms with Crippen LogP contribution in [0.5, 0.6) is 0 Å². The van der Waals surface area contributed by atoms with E-state index in [-0.39, 0.29) is 11.9 Å². The van der Waals surface area contributed by atoms with Crippen LogP contribution in [0.3, 0.4) is 0 Å². The normalized spacial score (nSPS) is 12.5. The number of nitrogens with zero attached hydrogens (tertiary/aromatic N) is 1. The van der Waals surface area contributed by atoms with Gasteiger partial charge in [-0.3, -0.25) is 4.98 Å². The lowest BCUT2D eigenvalue weighted by molar-refractivity contribution is 0.544. The van der Waals surface area contributed by atoms with Crippen LogP contribution in [0.15, 0.2) is 60.8 Å². The molecule has 1 N–H and O–H groups in total.